The SMILES string of the molecule is NC(=O)C[C@H](N)C(=O)O.N[C@@H](Cc1ccccc1)C(=O)O.O=C(O)[C@@H]1CCCN1. The summed E-state index contributed by atoms with van der Waals surface area (Å²) in [6.07, 6.45) is 1.86. The molecular weight excluding hydrogens is 384 g/mol. The zero-order valence-electron chi connectivity index (χ0n) is 15.9. The summed E-state index contributed by atoms with van der Waals surface area (Å²) in [6, 6.07) is 7.11. The number of carbonyl (C=O) groups excluding carboxylic acids is 1. The molecule has 0 bridgehead atoms. The van der Waals surface area contributed by atoms with Crippen LogP contribution in [0.5, 0.6) is 0 Å². The van der Waals surface area contributed by atoms with Gasteiger partial charge in [0, 0.05) is 0 Å². The summed E-state index contributed by atoms with van der Waals surface area (Å²) in [5.74, 6) is -3.60. The number of primary amides is 1. The Labute approximate surface area is 167 Å². The van der Waals surface area contributed by atoms with Gasteiger partial charge < -0.3 is 37.8 Å². The predicted octanol–water partition coefficient (Wildman–Crippen LogP) is -1.26. The van der Waals surface area contributed by atoms with E-state index >= 15 is 0 Å². The van der Waals surface area contributed by atoms with Crippen molar-refractivity contribution in [2.45, 2.75) is 43.8 Å². The molecule has 0 radical (unpaired) electrons. The highest BCUT2D eigenvalue weighted by atomic mass is 16.4. The van der Waals surface area contributed by atoms with Crippen LogP contribution in [-0.4, -0.2) is 63.8 Å². The van der Waals surface area contributed by atoms with Gasteiger partial charge in [-0.05, 0) is 31.4 Å². The van der Waals surface area contributed by atoms with Gasteiger partial charge in [0.1, 0.15) is 18.1 Å². The van der Waals surface area contributed by atoms with Crippen LogP contribution in [0.1, 0.15) is 24.8 Å². The summed E-state index contributed by atoms with van der Waals surface area (Å²) in [5, 5.41) is 27.8. The minimum atomic E-state index is -1.21. The summed E-state index contributed by atoms with van der Waals surface area (Å²) in [5.41, 5.74) is 15.9. The molecule has 0 saturated carbocycles. The predicted molar refractivity (Wildman–Crippen MR) is 104 cm³/mol. The first-order valence-corrected chi connectivity index (χ1v) is 8.79. The number of amides is 1. The Kier molecular flexibility index (Phi) is 12.6. The number of hydrogen-bond acceptors (Lipinski definition) is 7. The number of carboxylic acid groups (broad SMARTS) is 3. The molecule has 162 valence electrons. The van der Waals surface area contributed by atoms with Crippen molar-refractivity contribution in [2.75, 3.05) is 6.54 Å². The molecule has 1 aromatic rings. The molecule has 2 rings (SSSR count). The number of benzene rings is 1. The molecule has 0 aromatic heterocycles. The second kappa shape index (κ2) is 14.0. The van der Waals surface area contributed by atoms with Gasteiger partial charge in [0.2, 0.25) is 5.91 Å². The zero-order chi connectivity index (χ0) is 22.4. The number of rotatable bonds is 7. The molecule has 1 fully saturated rings. The first-order valence-electron chi connectivity index (χ1n) is 8.79. The highest BCUT2D eigenvalue weighted by molar-refractivity contribution is 5.83. The molecule has 1 aliphatic heterocycles. The minimum Gasteiger partial charge on any atom is -0.480 e. The lowest BCUT2D eigenvalue weighted by atomic mass is 10.1. The van der Waals surface area contributed by atoms with Crippen molar-refractivity contribution >= 4 is 23.8 Å². The topological polar surface area (TPSA) is 219 Å². The Bertz CT molecular complexity index is 663. The summed E-state index contributed by atoms with van der Waals surface area (Å²) in [6.45, 7) is 0.858. The van der Waals surface area contributed by atoms with Crippen molar-refractivity contribution in [3.8, 4) is 0 Å². The van der Waals surface area contributed by atoms with Crippen LogP contribution in [0.4, 0.5) is 0 Å². The molecule has 0 aliphatic carbocycles. The van der Waals surface area contributed by atoms with Crippen LogP contribution in [0.2, 0.25) is 0 Å². The van der Waals surface area contributed by atoms with Crippen molar-refractivity contribution in [1.29, 1.82) is 0 Å². The van der Waals surface area contributed by atoms with Crippen LogP contribution >= 0.6 is 0 Å². The van der Waals surface area contributed by atoms with Gasteiger partial charge in [-0.2, -0.15) is 0 Å². The van der Waals surface area contributed by atoms with Gasteiger partial charge >= 0.3 is 17.9 Å². The maximum atomic E-state index is 10.4. The maximum absolute atomic E-state index is 10.4. The summed E-state index contributed by atoms with van der Waals surface area (Å²) < 4.78 is 0. The fourth-order valence-electron chi connectivity index (χ4n) is 2.15. The fraction of sp³-hybridized carbons (Fsp3) is 0.444. The lowest BCUT2D eigenvalue weighted by molar-refractivity contribution is -0.140. The van der Waals surface area contributed by atoms with E-state index < -0.39 is 35.9 Å². The van der Waals surface area contributed by atoms with Crippen molar-refractivity contribution in [3.05, 3.63) is 35.9 Å². The molecule has 0 unspecified atom stereocenters. The molecule has 11 heteroatoms. The van der Waals surface area contributed by atoms with E-state index in [0.29, 0.717) is 6.42 Å². The average molecular weight is 412 g/mol. The third kappa shape index (κ3) is 12.9. The number of carbonyl (C=O) groups is 4. The van der Waals surface area contributed by atoms with Gasteiger partial charge in [0.25, 0.3) is 0 Å². The lowest BCUT2D eigenvalue weighted by Crippen LogP contribution is -2.34. The third-order valence-electron chi connectivity index (χ3n) is 3.71. The van der Waals surface area contributed by atoms with Crippen LogP contribution in [0.25, 0.3) is 0 Å². The standard InChI is InChI=1S/C9H11NO2.C5H9NO2.C4H8N2O3/c10-8(9(11)12)6-7-4-2-1-3-5-7;7-5(8)4-2-1-3-6-4;5-2(4(8)9)1-3(6)7/h1-5,8H,6,10H2,(H,11,12);4,6H,1-3H2,(H,7,8);2H,1,5H2,(H2,6,7)(H,8,9)/t8-;4-;2-/m000/s1. The van der Waals surface area contributed by atoms with E-state index in [1.807, 2.05) is 30.3 Å². The lowest BCUT2D eigenvalue weighted by Gasteiger charge is -2.04. The normalized spacial score (nSPS) is 16.8. The van der Waals surface area contributed by atoms with E-state index in [1.54, 1.807) is 0 Å². The molecule has 1 aliphatic rings. The highest BCUT2D eigenvalue weighted by Crippen LogP contribution is 2.03. The number of aliphatic carboxylic acids is 3. The minimum absolute atomic E-state index is 0.269. The Morgan fingerprint density at radius 2 is 1.55 bits per heavy atom. The number of carboxylic acids is 3. The molecule has 1 heterocycles. The Balaban J connectivity index is 0.000000416. The van der Waals surface area contributed by atoms with Crippen LogP contribution in [-0.2, 0) is 25.6 Å². The Morgan fingerprint density at radius 3 is 1.86 bits per heavy atom. The average Bonchev–Trinajstić information content (AvgIpc) is 3.18. The maximum Gasteiger partial charge on any atom is 0.321 e. The Morgan fingerprint density at radius 1 is 1.00 bits per heavy atom. The van der Waals surface area contributed by atoms with E-state index in [2.05, 4.69) is 11.1 Å². The fourth-order valence-corrected chi connectivity index (χ4v) is 2.15. The van der Waals surface area contributed by atoms with Crippen molar-refractivity contribution in [1.82, 2.24) is 5.32 Å². The first-order chi connectivity index (χ1) is 13.5. The smallest absolute Gasteiger partial charge is 0.321 e. The van der Waals surface area contributed by atoms with Crippen molar-refractivity contribution < 1.29 is 34.5 Å². The second-order valence-electron chi connectivity index (χ2n) is 6.24. The third-order valence-corrected chi connectivity index (χ3v) is 3.71. The first kappa shape index (κ1) is 26.0. The van der Waals surface area contributed by atoms with E-state index in [0.717, 1.165) is 24.9 Å². The number of nitrogens with two attached hydrogens (primary N) is 3. The van der Waals surface area contributed by atoms with Gasteiger partial charge in [-0.1, -0.05) is 30.3 Å². The molecule has 1 amide bonds. The second-order valence-corrected chi connectivity index (χ2v) is 6.24. The summed E-state index contributed by atoms with van der Waals surface area (Å²) in [7, 11) is 0. The highest BCUT2D eigenvalue weighted by Gasteiger charge is 2.20. The monoisotopic (exact) mass is 412 g/mol. The van der Waals surface area contributed by atoms with E-state index in [9.17, 15) is 19.2 Å². The summed E-state index contributed by atoms with van der Waals surface area (Å²) in [4.78, 5) is 40.4. The van der Waals surface area contributed by atoms with Gasteiger partial charge in [-0.15, -0.1) is 0 Å². The van der Waals surface area contributed by atoms with E-state index in [1.165, 1.54) is 0 Å². The molecular formula is C18H28N4O7. The van der Waals surface area contributed by atoms with Crippen molar-refractivity contribution in [3.63, 3.8) is 0 Å². The molecule has 1 saturated heterocycles. The molecule has 11 nitrogen and oxygen atoms in total. The largest absolute Gasteiger partial charge is 0.480 e. The Hall–Kier alpha value is -3.02. The van der Waals surface area contributed by atoms with Crippen LogP contribution < -0.4 is 22.5 Å². The number of nitrogens with one attached hydrogen (secondary N) is 1. The van der Waals surface area contributed by atoms with E-state index in [4.69, 9.17) is 26.8 Å². The van der Waals surface area contributed by atoms with Crippen molar-refractivity contribution in [2.24, 2.45) is 17.2 Å². The van der Waals surface area contributed by atoms with Gasteiger partial charge in [0.15, 0.2) is 0 Å². The van der Waals surface area contributed by atoms with Crippen LogP contribution in [0, 0.1) is 0 Å². The summed E-state index contributed by atoms with van der Waals surface area (Å²) >= 11 is 0. The number of hydrogen-bond donors (Lipinski definition) is 7. The molecule has 10 N–H and O–H groups in total. The van der Waals surface area contributed by atoms with Crippen LogP contribution in [0.15, 0.2) is 30.3 Å². The molecule has 0 spiro atoms. The molecule has 29 heavy (non-hydrogen) atoms. The van der Waals surface area contributed by atoms with Crippen LogP contribution in [0.3, 0.4) is 0 Å². The van der Waals surface area contributed by atoms with Gasteiger partial charge in [-0.25, -0.2) is 0 Å². The van der Waals surface area contributed by atoms with E-state index in [-0.39, 0.29) is 12.5 Å². The zero-order valence-corrected chi connectivity index (χ0v) is 15.9. The van der Waals surface area contributed by atoms with Gasteiger partial charge in [0.05, 0.1) is 6.42 Å². The molecule has 1 aromatic carbocycles. The molecule has 3 atom stereocenters. The quantitative estimate of drug-likeness (QED) is 0.281. The van der Waals surface area contributed by atoms with Gasteiger partial charge in [-0.3, -0.25) is 19.2 Å².